The van der Waals surface area contributed by atoms with Crippen molar-refractivity contribution < 1.29 is 13.9 Å². The number of carbonyl (C=O) groups excluding carboxylic acids is 1. The van der Waals surface area contributed by atoms with Crippen molar-refractivity contribution in [3.05, 3.63) is 71.6 Å². The Labute approximate surface area is 168 Å². The number of carbonyl (C=O) groups is 1. The molecular formula is C21H23N3O3S. The minimum atomic E-state index is -0.0850. The van der Waals surface area contributed by atoms with Crippen molar-refractivity contribution in [2.75, 3.05) is 12.9 Å². The zero-order chi connectivity index (χ0) is 19.8. The summed E-state index contributed by atoms with van der Waals surface area (Å²) < 4.78 is 10.8. The number of hydrogen-bond donors (Lipinski definition) is 1. The summed E-state index contributed by atoms with van der Waals surface area (Å²) in [5.74, 6) is 1.80. The molecular weight excluding hydrogens is 374 g/mol. The summed E-state index contributed by atoms with van der Waals surface area (Å²) in [6.07, 6.45) is 0.668. The Balaban J connectivity index is 1.42. The van der Waals surface area contributed by atoms with Gasteiger partial charge < -0.3 is 14.5 Å². The third-order valence-electron chi connectivity index (χ3n) is 4.27. The number of rotatable bonds is 9. The molecule has 0 saturated heterocycles. The second-order valence-corrected chi connectivity index (χ2v) is 7.32. The van der Waals surface area contributed by atoms with E-state index in [1.807, 2.05) is 42.5 Å². The number of aromatic nitrogens is 2. The largest absolute Gasteiger partial charge is 0.497 e. The Kier molecular flexibility index (Phi) is 7.08. The fourth-order valence-corrected chi connectivity index (χ4v) is 3.27. The van der Waals surface area contributed by atoms with Crippen LogP contribution in [0.4, 0.5) is 0 Å². The normalized spacial score (nSPS) is 11.8. The molecule has 0 radical (unpaired) electrons. The van der Waals surface area contributed by atoms with Gasteiger partial charge >= 0.3 is 0 Å². The van der Waals surface area contributed by atoms with Gasteiger partial charge in [-0.15, -0.1) is 10.2 Å². The molecule has 6 nitrogen and oxygen atoms in total. The second-order valence-electron chi connectivity index (χ2n) is 6.39. The quantitative estimate of drug-likeness (QED) is 0.553. The highest BCUT2D eigenvalue weighted by molar-refractivity contribution is 7.99. The molecule has 0 saturated carbocycles. The van der Waals surface area contributed by atoms with E-state index in [4.69, 9.17) is 9.15 Å². The third-order valence-corrected chi connectivity index (χ3v) is 5.09. The number of nitrogens with one attached hydrogen (secondary N) is 1. The van der Waals surface area contributed by atoms with Crippen LogP contribution in [0.1, 0.15) is 29.9 Å². The minimum absolute atomic E-state index is 0.0850. The third kappa shape index (κ3) is 5.85. The number of amides is 1. The second kappa shape index (κ2) is 9.94. The molecule has 3 rings (SSSR count). The van der Waals surface area contributed by atoms with Crippen molar-refractivity contribution in [3.63, 3.8) is 0 Å². The summed E-state index contributed by atoms with van der Waals surface area (Å²) in [5.41, 5.74) is 2.24. The van der Waals surface area contributed by atoms with E-state index in [9.17, 15) is 4.79 Å². The van der Waals surface area contributed by atoms with Gasteiger partial charge in [0.25, 0.3) is 5.22 Å². The molecule has 0 aliphatic rings. The van der Waals surface area contributed by atoms with Gasteiger partial charge in [-0.25, -0.2) is 0 Å². The van der Waals surface area contributed by atoms with Gasteiger partial charge in [-0.05, 0) is 29.2 Å². The highest BCUT2D eigenvalue weighted by Gasteiger charge is 2.13. The molecule has 0 aliphatic heterocycles. The van der Waals surface area contributed by atoms with Gasteiger partial charge in [0.05, 0.1) is 12.9 Å². The first-order chi connectivity index (χ1) is 13.6. The smallest absolute Gasteiger partial charge is 0.277 e. The summed E-state index contributed by atoms with van der Waals surface area (Å²) >= 11 is 1.24. The van der Waals surface area contributed by atoms with E-state index in [0.29, 0.717) is 24.1 Å². The molecule has 0 aliphatic carbocycles. The lowest BCUT2D eigenvalue weighted by molar-refractivity contribution is -0.118. The molecule has 1 heterocycles. The van der Waals surface area contributed by atoms with Gasteiger partial charge in [-0.1, -0.05) is 61.2 Å². The molecule has 0 bridgehead atoms. The van der Waals surface area contributed by atoms with Gasteiger partial charge in [0.15, 0.2) is 0 Å². The van der Waals surface area contributed by atoms with E-state index >= 15 is 0 Å². The summed E-state index contributed by atoms with van der Waals surface area (Å²) in [5, 5.41) is 11.4. The van der Waals surface area contributed by atoms with Crippen LogP contribution >= 0.6 is 11.8 Å². The average molecular weight is 398 g/mol. The van der Waals surface area contributed by atoms with Crippen LogP contribution in [0.25, 0.3) is 0 Å². The Morgan fingerprint density at radius 1 is 1.14 bits per heavy atom. The monoisotopic (exact) mass is 397 g/mol. The lowest BCUT2D eigenvalue weighted by atomic mass is 9.98. The van der Waals surface area contributed by atoms with Gasteiger partial charge in [0.2, 0.25) is 11.8 Å². The zero-order valence-corrected chi connectivity index (χ0v) is 16.7. The molecule has 1 unspecified atom stereocenters. The highest BCUT2D eigenvalue weighted by Crippen LogP contribution is 2.22. The molecule has 0 fully saturated rings. The van der Waals surface area contributed by atoms with Crippen LogP contribution < -0.4 is 10.1 Å². The molecule has 1 N–H and O–H groups in total. The SMILES string of the molecule is COc1ccc(CNC(=O)CSc2nnc(CC(C)c3ccccc3)o2)cc1. The van der Waals surface area contributed by atoms with Crippen molar-refractivity contribution in [2.24, 2.45) is 0 Å². The van der Waals surface area contributed by atoms with Gasteiger partial charge in [-0.3, -0.25) is 4.79 Å². The molecule has 0 spiro atoms. The molecule has 1 aromatic heterocycles. The van der Waals surface area contributed by atoms with E-state index in [1.54, 1.807) is 7.11 Å². The number of ether oxygens (including phenoxy) is 1. The summed E-state index contributed by atoms with van der Waals surface area (Å²) in [4.78, 5) is 12.0. The Morgan fingerprint density at radius 3 is 2.61 bits per heavy atom. The van der Waals surface area contributed by atoms with Crippen LogP contribution in [0.3, 0.4) is 0 Å². The Morgan fingerprint density at radius 2 is 1.89 bits per heavy atom. The first kappa shape index (κ1) is 19.9. The van der Waals surface area contributed by atoms with Crippen molar-refractivity contribution in [1.82, 2.24) is 15.5 Å². The maximum Gasteiger partial charge on any atom is 0.277 e. The number of nitrogens with zero attached hydrogens (tertiary/aromatic N) is 2. The maximum absolute atomic E-state index is 12.0. The van der Waals surface area contributed by atoms with Gasteiger partial charge in [0, 0.05) is 13.0 Å². The fourth-order valence-electron chi connectivity index (χ4n) is 2.66. The van der Waals surface area contributed by atoms with Crippen LogP contribution in [-0.2, 0) is 17.8 Å². The number of hydrogen-bond acceptors (Lipinski definition) is 6. The molecule has 7 heteroatoms. The minimum Gasteiger partial charge on any atom is -0.497 e. The number of thioether (sulfide) groups is 1. The standard InChI is InChI=1S/C21H23N3O3S/c1-15(17-6-4-3-5-7-17)12-20-23-24-21(27-20)28-14-19(25)22-13-16-8-10-18(26-2)11-9-16/h3-11,15H,12-14H2,1-2H3,(H,22,25). The molecule has 28 heavy (non-hydrogen) atoms. The summed E-state index contributed by atoms with van der Waals surface area (Å²) in [6, 6.07) is 17.8. The first-order valence-corrected chi connectivity index (χ1v) is 10.0. The van der Waals surface area contributed by atoms with Crippen LogP contribution in [0, 0.1) is 0 Å². The number of methoxy groups -OCH3 is 1. The molecule has 3 aromatic rings. The van der Waals surface area contributed by atoms with E-state index in [2.05, 4.69) is 34.6 Å². The molecule has 1 amide bonds. The van der Waals surface area contributed by atoms with E-state index < -0.39 is 0 Å². The predicted octanol–water partition coefficient (Wildman–Crippen LogP) is 3.83. The van der Waals surface area contributed by atoms with Crippen molar-refractivity contribution in [1.29, 1.82) is 0 Å². The Hall–Kier alpha value is -2.80. The number of benzene rings is 2. The Bertz CT molecular complexity index is 881. The lowest BCUT2D eigenvalue weighted by Crippen LogP contribution is -2.24. The van der Waals surface area contributed by atoms with Crippen LogP contribution in [0.15, 0.2) is 64.2 Å². The predicted molar refractivity (Wildman–Crippen MR) is 108 cm³/mol. The summed E-state index contributed by atoms with van der Waals surface area (Å²) in [6.45, 7) is 2.59. The maximum atomic E-state index is 12.0. The van der Waals surface area contributed by atoms with Crippen molar-refractivity contribution in [3.8, 4) is 5.75 Å². The topological polar surface area (TPSA) is 77.2 Å². The van der Waals surface area contributed by atoms with Crippen molar-refractivity contribution in [2.45, 2.75) is 31.0 Å². The zero-order valence-electron chi connectivity index (χ0n) is 15.9. The first-order valence-electron chi connectivity index (χ1n) is 9.04. The van der Waals surface area contributed by atoms with Gasteiger partial charge in [0.1, 0.15) is 5.75 Å². The van der Waals surface area contributed by atoms with Gasteiger partial charge in [-0.2, -0.15) is 0 Å². The van der Waals surface area contributed by atoms with E-state index in [1.165, 1.54) is 17.3 Å². The molecule has 2 aromatic carbocycles. The summed E-state index contributed by atoms with van der Waals surface area (Å²) in [7, 11) is 1.62. The average Bonchev–Trinajstić information content (AvgIpc) is 3.19. The van der Waals surface area contributed by atoms with E-state index in [0.717, 1.165) is 11.3 Å². The fraction of sp³-hybridized carbons (Fsp3) is 0.286. The highest BCUT2D eigenvalue weighted by atomic mass is 32.2. The van der Waals surface area contributed by atoms with Crippen LogP contribution in [0.5, 0.6) is 5.75 Å². The molecule has 1 atom stereocenters. The van der Waals surface area contributed by atoms with E-state index in [-0.39, 0.29) is 17.6 Å². The van der Waals surface area contributed by atoms with Crippen molar-refractivity contribution >= 4 is 17.7 Å². The lowest BCUT2D eigenvalue weighted by Gasteiger charge is -2.08. The molecule has 146 valence electrons. The van der Waals surface area contributed by atoms with Crippen LogP contribution in [-0.4, -0.2) is 29.0 Å². The van der Waals surface area contributed by atoms with Crippen LogP contribution in [0.2, 0.25) is 0 Å².